The van der Waals surface area contributed by atoms with Crippen LogP contribution in [-0.4, -0.2) is 45.8 Å². The number of likely N-dealkylation sites (tertiary alicyclic amines) is 1. The molecule has 1 aliphatic rings. The molecule has 1 aliphatic heterocycles. The summed E-state index contributed by atoms with van der Waals surface area (Å²) in [7, 11) is 0. The zero-order valence-electron chi connectivity index (χ0n) is 18.2. The molecule has 1 saturated heterocycles. The smallest absolute Gasteiger partial charge is 0.407 e. The number of hydrogen-bond donors (Lipinski definition) is 3. The van der Waals surface area contributed by atoms with E-state index in [1.54, 1.807) is 4.90 Å². The number of rotatable bonds is 4. The van der Waals surface area contributed by atoms with E-state index in [0.29, 0.717) is 31.1 Å². The molecule has 2 aromatic rings. The summed E-state index contributed by atoms with van der Waals surface area (Å²) in [5.41, 5.74) is 2.03. The van der Waals surface area contributed by atoms with Crippen LogP contribution in [0.25, 0.3) is 0 Å². The second-order valence-corrected chi connectivity index (χ2v) is 8.87. The van der Waals surface area contributed by atoms with Crippen LogP contribution in [0.1, 0.15) is 61.0 Å². The highest BCUT2D eigenvalue weighted by molar-refractivity contribution is 5.95. The van der Waals surface area contributed by atoms with E-state index in [1.165, 1.54) is 23.8 Å². The SMILES string of the molecule is CC(C)(C)OC(=O)NCc1cccc(C2CCN(C(=O)c3ccc(O)c(O)c3)CC2)c1. The summed E-state index contributed by atoms with van der Waals surface area (Å²) < 4.78 is 5.27. The third kappa shape index (κ3) is 6.13. The molecule has 0 radical (unpaired) electrons. The highest BCUT2D eigenvalue weighted by Crippen LogP contribution is 2.30. The van der Waals surface area contributed by atoms with E-state index in [4.69, 9.17) is 4.74 Å². The average molecular weight is 427 g/mol. The van der Waals surface area contributed by atoms with Crippen molar-refractivity contribution in [1.29, 1.82) is 0 Å². The lowest BCUT2D eigenvalue weighted by atomic mass is 9.88. The molecule has 2 aromatic carbocycles. The normalized spacial score (nSPS) is 14.9. The van der Waals surface area contributed by atoms with Crippen molar-refractivity contribution in [3.05, 3.63) is 59.2 Å². The molecular formula is C24H30N2O5. The van der Waals surface area contributed by atoms with E-state index in [9.17, 15) is 19.8 Å². The summed E-state index contributed by atoms with van der Waals surface area (Å²) in [5, 5.41) is 21.9. The molecule has 3 rings (SSSR count). The summed E-state index contributed by atoms with van der Waals surface area (Å²) in [6.45, 7) is 7.11. The van der Waals surface area contributed by atoms with Crippen LogP contribution < -0.4 is 5.32 Å². The first-order valence-corrected chi connectivity index (χ1v) is 10.5. The lowest BCUT2D eigenvalue weighted by molar-refractivity contribution is 0.0523. The summed E-state index contributed by atoms with van der Waals surface area (Å²) in [4.78, 5) is 26.3. The molecule has 0 bridgehead atoms. The number of amides is 2. The Hall–Kier alpha value is -3.22. The number of carbonyl (C=O) groups is 2. The van der Waals surface area contributed by atoms with Gasteiger partial charge in [0.25, 0.3) is 5.91 Å². The third-order valence-electron chi connectivity index (χ3n) is 5.26. The highest BCUT2D eigenvalue weighted by atomic mass is 16.6. The molecule has 7 nitrogen and oxygen atoms in total. The van der Waals surface area contributed by atoms with Crippen LogP contribution >= 0.6 is 0 Å². The van der Waals surface area contributed by atoms with Gasteiger partial charge in [0.15, 0.2) is 11.5 Å². The Morgan fingerprint density at radius 1 is 1.06 bits per heavy atom. The highest BCUT2D eigenvalue weighted by Gasteiger charge is 2.25. The molecule has 0 spiro atoms. The number of ether oxygens (including phenoxy) is 1. The number of benzene rings is 2. The predicted octanol–water partition coefficient (Wildman–Crippen LogP) is 4.14. The van der Waals surface area contributed by atoms with Crippen LogP contribution in [0, 0.1) is 0 Å². The maximum absolute atomic E-state index is 12.7. The van der Waals surface area contributed by atoms with Crippen LogP contribution in [0.3, 0.4) is 0 Å². The summed E-state index contributed by atoms with van der Waals surface area (Å²) in [5.74, 6) is -0.350. The molecule has 0 saturated carbocycles. The van der Waals surface area contributed by atoms with E-state index in [1.807, 2.05) is 32.9 Å². The fourth-order valence-corrected chi connectivity index (χ4v) is 3.70. The molecule has 0 atom stereocenters. The van der Waals surface area contributed by atoms with E-state index in [-0.39, 0.29) is 17.4 Å². The zero-order valence-corrected chi connectivity index (χ0v) is 18.2. The van der Waals surface area contributed by atoms with Crippen molar-refractivity contribution < 1.29 is 24.5 Å². The fraction of sp³-hybridized carbons (Fsp3) is 0.417. The number of piperidine rings is 1. The minimum Gasteiger partial charge on any atom is -0.504 e. The maximum atomic E-state index is 12.7. The van der Waals surface area contributed by atoms with E-state index < -0.39 is 11.7 Å². The van der Waals surface area contributed by atoms with Crippen molar-refractivity contribution in [3.63, 3.8) is 0 Å². The third-order valence-corrected chi connectivity index (χ3v) is 5.26. The molecule has 31 heavy (non-hydrogen) atoms. The van der Waals surface area contributed by atoms with E-state index in [2.05, 4.69) is 17.4 Å². The summed E-state index contributed by atoms with van der Waals surface area (Å²) in [6.07, 6.45) is 1.22. The quantitative estimate of drug-likeness (QED) is 0.638. The monoisotopic (exact) mass is 426 g/mol. The van der Waals surface area contributed by atoms with Crippen LogP contribution in [0.5, 0.6) is 11.5 Å². The Morgan fingerprint density at radius 3 is 2.42 bits per heavy atom. The lowest BCUT2D eigenvalue weighted by Crippen LogP contribution is -2.37. The second kappa shape index (κ2) is 9.29. The van der Waals surface area contributed by atoms with Crippen molar-refractivity contribution in [1.82, 2.24) is 10.2 Å². The number of aromatic hydroxyl groups is 2. The van der Waals surface area contributed by atoms with Gasteiger partial charge >= 0.3 is 6.09 Å². The number of alkyl carbamates (subject to hydrolysis) is 1. The molecule has 1 heterocycles. The molecule has 7 heteroatoms. The Balaban J connectivity index is 1.56. The topological polar surface area (TPSA) is 99.1 Å². The van der Waals surface area contributed by atoms with Gasteiger partial charge in [-0.05, 0) is 68.9 Å². The van der Waals surface area contributed by atoms with Crippen molar-refractivity contribution in [2.75, 3.05) is 13.1 Å². The Kier molecular flexibility index (Phi) is 6.73. The van der Waals surface area contributed by atoms with Crippen molar-refractivity contribution in [2.45, 2.75) is 51.7 Å². The standard InChI is InChI=1S/C24H30N2O5/c1-24(2,3)31-23(30)25-15-16-5-4-6-18(13-16)17-9-11-26(12-10-17)22(29)19-7-8-20(27)21(28)14-19/h4-8,13-14,17,27-28H,9-12,15H2,1-3H3,(H,25,30). The van der Waals surface area contributed by atoms with Crippen LogP contribution in [0.4, 0.5) is 4.79 Å². The Morgan fingerprint density at radius 2 is 1.77 bits per heavy atom. The summed E-state index contributed by atoms with van der Waals surface area (Å²) >= 11 is 0. The number of carbonyl (C=O) groups excluding carboxylic acids is 2. The molecule has 2 amide bonds. The maximum Gasteiger partial charge on any atom is 0.407 e. The van der Waals surface area contributed by atoms with Gasteiger partial charge in [0.2, 0.25) is 0 Å². The van der Waals surface area contributed by atoms with Crippen LogP contribution in [0.2, 0.25) is 0 Å². The van der Waals surface area contributed by atoms with Gasteiger partial charge in [0.05, 0.1) is 0 Å². The van der Waals surface area contributed by atoms with Gasteiger partial charge < -0.3 is 25.2 Å². The van der Waals surface area contributed by atoms with Crippen molar-refractivity contribution in [3.8, 4) is 11.5 Å². The molecule has 0 aliphatic carbocycles. The zero-order chi connectivity index (χ0) is 22.6. The lowest BCUT2D eigenvalue weighted by Gasteiger charge is -2.32. The van der Waals surface area contributed by atoms with Crippen molar-refractivity contribution in [2.24, 2.45) is 0 Å². The van der Waals surface area contributed by atoms with Gasteiger partial charge in [-0.25, -0.2) is 4.79 Å². The van der Waals surface area contributed by atoms with Gasteiger partial charge in [0.1, 0.15) is 5.60 Å². The number of nitrogens with zero attached hydrogens (tertiary/aromatic N) is 1. The van der Waals surface area contributed by atoms with Crippen LogP contribution in [0.15, 0.2) is 42.5 Å². The second-order valence-electron chi connectivity index (χ2n) is 8.87. The van der Waals surface area contributed by atoms with Gasteiger partial charge in [-0.1, -0.05) is 24.3 Å². The molecule has 0 unspecified atom stereocenters. The number of hydrogen-bond acceptors (Lipinski definition) is 5. The van der Waals surface area contributed by atoms with Crippen molar-refractivity contribution >= 4 is 12.0 Å². The predicted molar refractivity (Wildman–Crippen MR) is 117 cm³/mol. The first-order chi connectivity index (χ1) is 14.6. The summed E-state index contributed by atoms with van der Waals surface area (Å²) in [6, 6.07) is 12.3. The minimum absolute atomic E-state index is 0.149. The average Bonchev–Trinajstić information content (AvgIpc) is 2.73. The molecule has 1 fully saturated rings. The van der Waals surface area contributed by atoms with Gasteiger partial charge in [-0.15, -0.1) is 0 Å². The van der Waals surface area contributed by atoms with Gasteiger partial charge in [0, 0.05) is 25.2 Å². The van der Waals surface area contributed by atoms with E-state index >= 15 is 0 Å². The van der Waals surface area contributed by atoms with E-state index in [0.717, 1.165) is 18.4 Å². The Labute approximate surface area is 182 Å². The van der Waals surface area contributed by atoms with Gasteiger partial charge in [-0.2, -0.15) is 0 Å². The Bertz CT molecular complexity index is 943. The minimum atomic E-state index is -0.532. The van der Waals surface area contributed by atoms with Gasteiger partial charge in [-0.3, -0.25) is 4.79 Å². The first-order valence-electron chi connectivity index (χ1n) is 10.5. The number of phenolic OH excluding ortho intramolecular Hbond substituents is 2. The molecule has 3 N–H and O–H groups in total. The molecule has 0 aromatic heterocycles. The number of phenols is 2. The molecular weight excluding hydrogens is 396 g/mol. The first kappa shape index (κ1) is 22.5. The molecule has 166 valence electrons. The van der Waals surface area contributed by atoms with Crippen LogP contribution in [-0.2, 0) is 11.3 Å². The fourth-order valence-electron chi connectivity index (χ4n) is 3.70. The largest absolute Gasteiger partial charge is 0.504 e. The number of nitrogens with one attached hydrogen (secondary N) is 1.